The Morgan fingerprint density at radius 2 is 2.09 bits per heavy atom. The maximum absolute atomic E-state index is 13.5. The molecule has 3 aromatic rings. The van der Waals surface area contributed by atoms with Crippen molar-refractivity contribution >= 4 is 16.8 Å². The van der Waals surface area contributed by atoms with E-state index in [4.69, 9.17) is 9.26 Å². The van der Waals surface area contributed by atoms with Crippen LogP contribution < -0.4 is 5.32 Å². The summed E-state index contributed by atoms with van der Waals surface area (Å²) in [4.78, 5) is 15.4. The molecule has 5 rings (SSSR count). The van der Waals surface area contributed by atoms with E-state index in [0.717, 1.165) is 17.9 Å². The molecule has 1 N–H and O–H groups in total. The van der Waals surface area contributed by atoms with Gasteiger partial charge in [-0.1, -0.05) is 31.1 Å². The van der Waals surface area contributed by atoms with Crippen molar-refractivity contribution in [3.63, 3.8) is 0 Å². The summed E-state index contributed by atoms with van der Waals surface area (Å²) in [6.45, 7) is 9.62. The molecule has 2 atom stereocenters. The molecule has 0 spiro atoms. The molecule has 2 aliphatic rings. The first-order valence-electron chi connectivity index (χ1n) is 11.6. The molecular weight excluding hydrogens is 404 g/mol. The largest absolute Gasteiger partial charge is 0.378 e. The third-order valence-corrected chi connectivity index (χ3v) is 6.56. The van der Waals surface area contributed by atoms with Gasteiger partial charge in [0, 0.05) is 42.3 Å². The van der Waals surface area contributed by atoms with E-state index in [0.29, 0.717) is 45.2 Å². The Morgan fingerprint density at radius 3 is 2.81 bits per heavy atom. The van der Waals surface area contributed by atoms with Crippen molar-refractivity contribution in [1.29, 1.82) is 0 Å². The van der Waals surface area contributed by atoms with Gasteiger partial charge in [0.25, 0.3) is 0 Å². The average Bonchev–Trinajstić information content (AvgIpc) is 3.31. The fraction of sp³-hybridized carbons (Fsp3) is 0.520. The van der Waals surface area contributed by atoms with Crippen LogP contribution in [0.1, 0.15) is 48.9 Å². The lowest BCUT2D eigenvalue weighted by Gasteiger charge is -2.32. The Kier molecular flexibility index (Phi) is 5.78. The van der Waals surface area contributed by atoms with Crippen LogP contribution in [0.5, 0.6) is 0 Å². The van der Waals surface area contributed by atoms with Crippen LogP contribution in [0, 0.1) is 12.8 Å². The van der Waals surface area contributed by atoms with Gasteiger partial charge in [0.2, 0.25) is 5.91 Å². The zero-order chi connectivity index (χ0) is 22.2. The Bertz CT molecular complexity index is 1110. The molecule has 1 aromatic carbocycles. The van der Waals surface area contributed by atoms with Gasteiger partial charge < -0.3 is 18.7 Å². The van der Waals surface area contributed by atoms with Gasteiger partial charge in [-0.3, -0.25) is 10.1 Å². The summed E-state index contributed by atoms with van der Waals surface area (Å²) in [6.07, 6.45) is 3.87. The number of carbonyl (C=O) groups excluding carboxylic acids is 1. The Labute approximate surface area is 188 Å². The van der Waals surface area contributed by atoms with Gasteiger partial charge in [0.1, 0.15) is 11.5 Å². The third kappa shape index (κ3) is 4.07. The van der Waals surface area contributed by atoms with Gasteiger partial charge in [-0.05, 0) is 42.9 Å². The standard InChI is InChI=1S/C25H32N4O3/c1-16(2)11-21-20-5-4-6-23-24(20)18(14-29(23)15-19-12-17(3)32-27-19)13-22(26-21)25(30)28-7-9-31-10-8-28/h4-6,12,14,16,21-22,26H,7-11,13,15H2,1-3H3/t21-,22-/m0/s1. The predicted molar refractivity (Wildman–Crippen MR) is 123 cm³/mol. The molecule has 7 nitrogen and oxygen atoms in total. The van der Waals surface area contributed by atoms with E-state index in [-0.39, 0.29) is 18.0 Å². The Balaban J connectivity index is 1.54. The van der Waals surface area contributed by atoms with Crippen LogP contribution in [0.2, 0.25) is 0 Å². The number of nitrogens with one attached hydrogen (secondary N) is 1. The van der Waals surface area contributed by atoms with Crippen LogP contribution in [0.4, 0.5) is 0 Å². The van der Waals surface area contributed by atoms with Crippen LogP contribution in [-0.2, 0) is 22.5 Å². The molecule has 0 unspecified atom stereocenters. The summed E-state index contributed by atoms with van der Waals surface area (Å²) in [6, 6.07) is 8.40. The molecule has 32 heavy (non-hydrogen) atoms. The van der Waals surface area contributed by atoms with Gasteiger partial charge in [-0.2, -0.15) is 0 Å². The number of rotatable bonds is 5. The number of aryl methyl sites for hydroxylation is 1. The molecule has 2 aliphatic heterocycles. The van der Waals surface area contributed by atoms with E-state index < -0.39 is 0 Å². The fourth-order valence-electron chi connectivity index (χ4n) is 5.15. The lowest BCUT2D eigenvalue weighted by Crippen LogP contribution is -2.51. The number of hydrogen-bond acceptors (Lipinski definition) is 5. The van der Waals surface area contributed by atoms with Crippen molar-refractivity contribution in [2.24, 2.45) is 5.92 Å². The first-order chi connectivity index (χ1) is 15.5. The normalized spacial score (nSPS) is 21.3. The van der Waals surface area contributed by atoms with E-state index >= 15 is 0 Å². The summed E-state index contributed by atoms with van der Waals surface area (Å²) >= 11 is 0. The minimum Gasteiger partial charge on any atom is -0.378 e. The summed E-state index contributed by atoms with van der Waals surface area (Å²) in [7, 11) is 0. The molecule has 0 aliphatic carbocycles. The lowest BCUT2D eigenvalue weighted by molar-refractivity contribution is -0.137. The number of nitrogens with zero attached hydrogens (tertiary/aromatic N) is 3. The topological polar surface area (TPSA) is 72.5 Å². The number of ether oxygens (including phenoxy) is 1. The Morgan fingerprint density at radius 1 is 1.28 bits per heavy atom. The smallest absolute Gasteiger partial charge is 0.240 e. The molecular formula is C25H32N4O3. The van der Waals surface area contributed by atoms with Gasteiger partial charge in [-0.25, -0.2) is 0 Å². The molecule has 0 saturated carbocycles. The van der Waals surface area contributed by atoms with E-state index in [2.05, 4.69) is 53.3 Å². The summed E-state index contributed by atoms with van der Waals surface area (Å²) < 4.78 is 13.0. The van der Waals surface area contributed by atoms with Crippen molar-refractivity contribution in [2.75, 3.05) is 26.3 Å². The highest BCUT2D eigenvalue weighted by Gasteiger charge is 2.33. The highest BCUT2D eigenvalue weighted by Crippen LogP contribution is 2.36. The van der Waals surface area contributed by atoms with Crippen LogP contribution in [0.3, 0.4) is 0 Å². The van der Waals surface area contributed by atoms with Gasteiger partial charge >= 0.3 is 0 Å². The number of benzene rings is 1. The molecule has 1 amide bonds. The quantitative estimate of drug-likeness (QED) is 0.663. The van der Waals surface area contributed by atoms with Crippen molar-refractivity contribution in [3.05, 3.63) is 53.0 Å². The number of morpholine rings is 1. The van der Waals surface area contributed by atoms with Crippen LogP contribution in [-0.4, -0.2) is 52.9 Å². The second kappa shape index (κ2) is 8.71. The van der Waals surface area contributed by atoms with E-state index in [1.54, 1.807) is 0 Å². The fourth-order valence-corrected chi connectivity index (χ4v) is 5.15. The molecule has 4 heterocycles. The number of amides is 1. The minimum atomic E-state index is -0.238. The Hall–Kier alpha value is -2.64. The first kappa shape index (κ1) is 21.2. The molecule has 0 bridgehead atoms. The molecule has 1 saturated heterocycles. The molecule has 7 heteroatoms. The molecule has 0 radical (unpaired) electrons. The van der Waals surface area contributed by atoms with Gasteiger partial charge in [-0.15, -0.1) is 0 Å². The molecule has 1 fully saturated rings. The summed E-state index contributed by atoms with van der Waals surface area (Å²) in [5.74, 6) is 1.52. The number of aromatic nitrogens is 2. The third-order valence-electron chi connectivity index (χ3n) is 6.56. The maximum Gasteiger partial charge on any atom is 0.240 e. The highest BCUT2D eigenvalue weighted by atomic mass is 16.5. The van der Waals surface area contributed by atoms with E-state index in [1.807, 2.05) is 17.9 Å². The van der Waals surface area contributed by atoms with Crippen LogP contribution in [0.25, 0.3) is 10.9 Å². The average molecular weight is 437 g/mol. The highest BCUT2D eigenvalue weighted by molar-refractivity contribution is 5.90. The van der Waals surface area contributed by atoms with Crippen molar-refractivity contribution in [2.45, 2.75) is 52.2 Å². The summed E-state index contributed by atoms with van der Waals surface area (Å²) in [5, 5.41) is 9.21. The van der Waals surface area contributed by atoms with Gasteiger partial charge in [0.15, 0.2) is 0 Å². The maximum atomic E-state index is 13.5. The zero-order valence-electron chi connectivity index (χ0n) is 19.1. The van der Waals surface area contributed by atoms with Gasteiger partial charge in [0.05, 0.1) is 25.8 Å². The molecule has 170 valence electrons. The predicted octanol–water partition coefficient (Wildman–Crippen LogP) is 3.45. The summed E-state index contributed by atoms with van der Waals surface area (Å²) in [5.41, 5.74) is 4.61. The van der Waals surface area contributed by atoms with Crippen molar-refractivity contribution in [3.8, 4) is 0 Å². The van der Waals surface area contributed by atoms with Crippen molar-refractivity contribution < 1.29 is 14.1 Å². The number of carbonyl (C=O) groups is 1. The van der Waals surface area contributed by atoms with E-state index in [1.165, 1.54) is 22.0 Å². The second-order valence-corrected chi connectivity index (χ2v) is 9.50. The van der Waals surface area contributed by atoms with Crippen LogP contribution >= 0.6 is 0 Å². The number of hydrogen-bond donors (Lipinski definition) is 1. The lowest BCUT2D eigenvalue weighted by atomic mass is 9.94. The van der Waals surface area contributed by atoms with E-state index in [9.17, 15) is 4.79 Å². The minimum absolute atomic E-state index is 0.139. The van der Waals surface area contributed by atoms with Crippen LogP contribution in [0.15, 0.2) is 35.0 Å². The first-order valence-corrected chi connectivity index (χ1v) is 11.6. The SMILES string of the molecule is Cc1cc(Cn2cc3c4c(cccc42)[C@H](CC(C)C)N[C@H](C(=O)N2CCOCC2)C3)no1. The monoisotopic (exact) mass is 436 g/mol. The zero-order valence-corrected chi connectivity index (χ0v) is 19.1. The van der Waals surface area contributed by atoms with Crippen molar-refractivity contribution in [1.82, 2.24) is 19.9 Å². The second-order valence-electron chi connectivity index (χ2n) is 9.50. The molecule has 2 aromatic heterocycles.